The van der Waals surface area contributed by atoms with Gasteiger partial charge in [-0.15, -0.1) is 0 Å². The molecule has 1 amide bonds. The van der Waals surface area contributed by atoms with Crippen molar-refractivity contribution >= 4 is 17.2 Å². The smallest absolute Gasteiger partial charge is 0.308 e. The Kier molecular flexibility index (Phi) is 4.48. The van der Waals surface area contributed by atoms with Gasteiger partial charge in [0.15, 0.2) is 0 Å². The average molecular weight is 308 g/mol. The quantitative estimate of drug-likeness (QED) is 0.860. The lowest BCUT2D eigenvalue weighted by molar-refractivity contribution is -0.132. The fourth-order valence-corrected chi connectivity index (χ4v) is 4.65. The number of hydrogen-bond donors (Lipinski definition) is 0. The molecule has 0 radical (unpaired) electrons. The van der Waals surface area contributed by atoms with Crippen molar-refractivity contribution < 1.29 is 4.79 Å². The van der Waals surface area contributed by atoms with Crippen LogP contribution in [0, 0.1) is 5.92 Å². The van der Waals surface area contributed by atoms with Crippen LogP contribution in [0.5, 0.6) is 0 Å². The number of nitrogens with zero attached hydrogens (tertiary/aromatic N) is 2. The number of fused-ring (bicyclic) bond motifs is 1. The summed E-state index contributed by atoms with van der Waals surface area (Å²) in [6, 6.07) is 0. The molecule has 0 aromatic carbocycles. The van der Waals surface area contributed by atoms with Gasteiger partial charge >= 0.3 is 4.87 Å². The molecule has 1 fully saturated rings. The number of carbonyl (C=O) groups excluding carboxylic acids is 1. The Hall–Kier alpha value is -1.10. The first-order valence-electron chi connectivity index (χ1n) is 8.18. The SMILES string of the molecule is CC[C@H]1CCc2c(sc(=O)n2CC(=O)N2CCCCC2)C1. The van der Waals surface area contributed by atoms with Crippen LogP contribution >= 0.6 is 11.3 Å². The molecular formula is C16H24N2O2S. The van der Waals surface area contributed by atoms with Gasteiger partial charge in [-0.3, -0.25) is 14.2 Å². The van der Waals surface area contributed by atoms with Gasteiger partial charge in [-0.25, -0.2) is 0 Å². The van der Waals surface area contributed by atoms with Crippen LogP contribution in [-0.2, 0) is 24.2 Å². The van der Waals surface area contributed by atoms with Crippen molar-refractivity contribution in [3.8, 4) is 0 Å². The maximum atomic E-state index is 12.4. The second-order valence-electron chi connectivity index (χ2n) is 6.28. The van der Waals surface area contributed by atoms with E-state index in [2.05, 4.69) is 6.92 Å². The maximum absolute atomic E-state index is 12.4. The molecule has 1 aromatic heterocycles. The van der Waals surface area contributed by atoms with E-state index in [0.29, 0.717) is 5.92 Å². The highest BCUT2D eigenvalue weighted by atomic mass is 32.1. The van der Waals surface area contributed by atoms with Crippen LogP contribution < -0.4 is 4.87 Å². The summed E-state index contributed by atoms with van der Waals surface area (Å²) in [4.78, 5) is 27.8. The highest BCUT2D eigenvalue weighted by Crippen LogP contribution is 2.29. The van der Waals surface area contributed by atoms with Crippen LogP contribution in [-0.4, -0.2) is 28.5 Å². The number of amides is 1. The Labute approximate surface area is 129 Å². The van der Waals surface area contributed by atoms with Gasteiger partial charge in [0.2, 0.25) is 5.91 Å². The Morgan fingerprint density at radius 3 is 2.76 bits per heavy atom. The molecular weight excluding hydrogens is 284 g/mol. The monoisotopic (exact) mass is 308 g/mol. The first-order valence-corrected chi connectivity index (χ1v) is 9.00. The first kappa shape index (κ1) is 14.8. The summed E-state index contributed by atoms with van der Waals surface area (Å²) in [7, 11) is 0. The van der Waals surface area contributed by atoms with Crippen molar-refractivity contribution in [3.05, 3.63) is 20.2 Å². The fraction of sp³-hybridized carbons (Fsp3) is 0.750. The van der Waals surface area contributed by atoms with Crippen molar-refractivity contribution in [2.75, 3.05) is 13.1 Å². The minimum Gasteiger partial charge on any atom is -0.341 e. The molecule has 1 atom stereocenters. The van der Waals surface area contributed by atoms with Gasteiger partial charge in [0, 0.05) is 23.7 Å². The number of rotatable bonds is 3. The van der Waals surface area contributed by atoms with E-state index in [1.807, 2.05) is 4.90 Å². The van der Waals surface area contributed by atoms with Crippen LogP contribution in [0.1, 0.15) is 49.6 Å². The van der Waals surface area contributed by atoms with E-state index in [1.54, 1.807) is 4.57 Å². The lowest BCUT2D eigenvalue weighted by Crippen LogP contribution is -2.39. The third kappa shape index (κ3) is 3.07. The van der Waals surface area contributed by atoms with Crippen molar-refractivity contribution in [1.82, 2.24) is 9.47 Å². The van der Waals surface area contributed by atoms with Crippen LogP contribution in [0.3, 0.4) is 0 Å². The lowest BCUT2D eigenvalue weighted by atomic mass is 9.89. The minimum absolute atomic E-state index is 0.0575. The summed E-state index contributed by atoms with van der Waals surface area (Å²) in [6.07, 6.45) is 7.73. The average Bonchev–Trinajstić information content (AvgIpc) is 2.83. The number of likely N-dealkylation sites (tertiary alicyclic amines) is 1. The second kappa shape index (κ2) is 6.34. The first-order chi connectivity index (χ1) is 10.2. The van der Waals surface area contributed by atoms with Gasteiger partial charge in [-0.1, -0.05) is 24.7 Å². The predicted octanol–water partition coefficient (Wildman–Crippen LogP) is 2.44. The maximum Gasteiger partial charge on any atom is 0.308 e. The van der Waals surface area contributed by atoms with E-state index in [9.17, 15) is 9.59 Å². The molecule has 0 bridgehead atoms. The number of aromatic nitrogens is 1. The summed E-state index contributed by atoms with van der Waals surface area (Å²) < 4.78 is 1.75. The van der Waals surface area contributed by atoms with Crippen molar-refractivity contribution in [1.29, 1.82) is 0 Å². The molecule has 116 valence electrons. The van der Waals surface area contributed by atoms with Crippen LogP contribution in [0.4, 0.5) is 0 Å². The predicted molar refractivity (Wildman–Crippen MR) is 84.8 cm³/mol. The molecule has 2 heterocycles. The summed E-state index contributed by atoms with van der Waals surface area (Å²) in [5.74, 6) is 0.830. The van der Waals surface area contributed by atoms with Gasteiger partial charge in [0.25, 0.3) is 0 Å². The van der Waals surface area contributed by atoms with Gasteiger partial charge < -0.3 is 4.90 Å². The van der Waals surface area contributed by atoms with E-state index in [1.165, 1.54) is 29.1 Å². The summed E-state index contributed by atoms with van der Waals surface area (Å²) >= 11 is 1.36. The molecule has 1 aliphatic carbocycles. The number of thiazole rings is 1. The highest BCUT2D eigenvalue weighted by Gasteiger charge is 2.25. The number of carbonyl (C=O) groups is 1. The Bertz CT molecular complexity index is 569. The molecule has 0 spiro atoms. The molecule has 0 unspecified atom stereocenters. The third-order valence-electron chi connectivity index (χ3n) is 4.92. The zero-order chi connectivity index (χ0) is 14.8. The third-order valence-corrected chi connectivity index (χ3v) is 5.97. The Morgan fingerprint density at radius 1 is 1.29 bits per heavy atom. The topological polar surface area (TPSA) is 42.3 Å². The molecule has 2 aliphatic rings. The van der Waals surface area contributed by atoms with Crippen molar-refractivity contribution in [2.45, 2.75) is 58.4 Å². The Morgan fingerprint density at radius 2 is 2.05 bits per heavy atom. The minimum atomic E-state index is 0.0575. The van der Waals surface area contributed by atoms with Crippen molar-refractivity contribution in [2.24, 2.45) is 5.92 Å². The molecule has 4 nitrogen and oxygen atoms in total. The number of hydrogen-bond acceptors (Lipinski definition) is 3. The molecule has 5 heteroatoms. The number of piperidine rings is 1. The largest absolute Gasteiger partial charge is 0.341 e. The van der Waals surface area contributed by atoms with Gasteiger partial charge in [0.05, 0.1) is 0 Å². The second-order valence-corrected chi connectivity index (χ2v) is 7.33. The molecule has 1 saturated heterocycles. The fourth-order valence-electron chi connectivity index (χ4n) is 3.51. The summed E-state index contributed by atoms with van der Waals surface area (Å²) in [5.41, 5.74) is 1.14. The van der Waals surface area contributed by atoms with Crippen LogP contribution in [0.2, 0.25) is 0 Å². The molecule has 0 N–H and O–H groups in total. The normalized spacial score (nSPS) is 22.1. The Balaban J connectivity index is 1.75. The standard InChI is InChI=1S/C16H24N2O2S/c1-2-12-6-7-13-14(10-12)21-16(20)18(13)11-15(19)17-8-4-3-5-9-17/h12H,2-11H2,1H3/t12-/m0/s1. The zero-order valence-electron chi connectivity index (χ0n) is 12.8. The van der Waals surface area contributed by atoms with Gasteiger partial charge in [0.1, 0.15) is 6.54 Å². The van der Waals surface area contributed by atoms with E-state index in [4.69, 9.17) is 0 Å². The van der Waals surface area contributed by atoms with Crippen LogP contribution in [0.15, 0.2) is 4.79 Å². The zero-order valence-corrected chi connectivity index (χ0v) is 13.6. The lowest BCUT2D eigenvalue weighted by Gasteiger charge is -2.27. The molecule has 1 aliphatic heterocycles. The van der Waals surface area contributed by atoms with E-state index in [0.717, 1.165) is 50.9 Å². The van der Waals surface area contributed by atoms with E-state index in [-0.39, 0.29) is 17.3 Å². The van der Waals surface area contributed by atoms with Gasteiger partial charge in [-0.2, -0.15) is 0 Å². The molecule has 21 heavy (non-hydrogen) atoms. The van der Waals surface area contributed by atoms with Gasteiger partial charge in [-0.05, 0) is 44.4 Å². The summed E-state index contributed by atoms with van der Waals surface area (Å²) in [5, 5.41) is 0. The van der Waals surface area contributed by atoms with Crippen LogP contribution in [0.25, 0.3) is 0 Å². The van der Waals surface area contributed by atoms with Crippen molar-refractivity contribution in [3.63, 3.8) is 0 Å². The molecule has 3 rings (SSSR count). The molecule has 1 aromatic rings. The van der Waals surface area contributed by atoms with E-state index < -0.39 is 0 Å². The van der Waals surface area contributed by atoms with E-state index >= 15 is 0 Å². The highest BCUT2D eigenvalue weighted by molar-refractivity contribution is 7.09. The molecule has 0 saturated carbocycles. The summed E-state index contributed by atoms with van der Waals surface area (Å²) in [6.45, 7) is 4.19.